The summed E-state index contributed by atoms with van der Waals surface area (Å²) in [6, 6.07) is 5.08. The number of hydrogen-bond acceptors (Lipinski definition) is 3. The Morgan fingerprint density at radius 2 is 2.40 bits per heavy atom. The largest absolute Gasteiger partial charge is 0.496 e. The van der Waals surface area contributed by atoms with Crippen LogP contribution in [0.3, 0.4) is 0 Å². The number of amides is 1. The van der Waals surface area contributed by atoms with Crippen LogP contribution in [0.2, 0.25) is 5.02 Å². The number of carbonyl (C=O) groups excluding carboxylic acids is 1. The first-order chi connectivity index (χ1) is 7.20. The Kier molecular flexibility index (Phi) is 2.68. The van der Waals surface area contributed by atoms with Crippen LogP contribution in [-0.4, -0.2) is 19.8 Å². The Balaban J connectivity index is 2.33. The van der Waals surface area contributed by atoms with Crippen LogP contribution in [0.15, 0.2) is 18.2 Å². The van der Waals surface area contributed by atoms with Gasteiger partial charge < -0.3 is 14.8 Å². The van der Waals surface area contributed by atoms with Gasteiger partial charge in [0.15, 0.2) is 0 Å². The number of nitrogens with one attached hydrogen (secondary N) is 1. The molecule has 1 aliphatic rings. The molecule has 1 aromatic carbocycles. The van der Waals surface area contributed by atoms with E-state index in [1.165, 1.54) is 0 Å². The predicted octanol–water partition coefficient (Wildman–Crippen LogP) is 2.13. The highest BCUT2D eigenvalue weighted by atomic mass is 35.5. The van der Waals surface area contributed by atoms with E-state index in [0.29, 0.717) is 17.4 Å². The fourth-order valence-corrected chi connectivity index (χ4v) is 1.71. The maximum Gasteiger partial charge on any atom is 0.407 e. The van der Waals surface area contributed by atoms with Gasteiger partial charge in [-0.2, -0.15) is 0 Å². The summed E-state index contributed by atoms with van der Waals surface area (Å²) in [5.41, 5.74) is 0.829. The first kappa shape index (κ1) is 10.1. The maximum absolute atomic E-state index is 10.9. The van der Waals surface area contributed by atoms with Gasteiger partial charge in [-0.05, 0) is 18.2 Å². The second-order valence-electron chi connectivity index (χ2n) is 3.18. The molecule has 0 saturated carbocycles. The highest BCUT2D eigenvalue weighted by molar-refractivity contribution is 6.30. The molecule has 0 aliphatic carbocycles. The lowest BCUT2D eigenvalue weighted by molar-refractivity contribution is 0.177. The van der Waals surface area contributed by atoms with Gasteiger partial charge in [-0.25, -0.2) is 4.79 Å². The van der Waals surface area contributed by atoms with Crippen LogP contribution in [0.1, 0.15) is 11.6 Å². The van der Waals surface area contributed by atoms with Crippen molar-refractivity contribution in [2.24, 2.45) is 0 Å². The molecule has 1 aliphatic heterocycles. The fourth-order valence-electron chi connectivity index (χ4n) is 1.53. The van der Waals surface area contributed by atoms with Gasteiger partial charge in [-0.15, -0.1) is 0 Å². The van der Waals surface area contributed by atoms with E-state index in [1.807, 2.05) is 0 Å². The Hall–Kier alpha value is -1.42. The van der Waals surface area contributed by atoms with Crippen LogP contribution in [0.25, 0.3) is 0 Å². The van der Waals surface area contributed by atoms with Crippen LogP contribution in [0, 0.1) is 0 Å². The molecule has 1 N–H and O–H groups in total. The average molecular weight is 228 g/mol. The summed E-state index contributed by atoms with van der Waals surface area (Å²) in [7, 11) is 1.57. The monoisotopic (exact) mass is 227 g/mol. The zero-order valence-corrected chi connectivity index (χ0v) is 8.88. The molecule has 1 atom stereocenters. The standard InChI is InChI=1S/C10H10ClNO3/c1-14-9-3-2-6(11)4-7(9)8-5-15-10(13)12-8/h2-4,8H,5H2,1H3,(H,12,13). The molecule has 1 amide bonds. The molecular formula is C10H10ClNO3. The number of benzene rings is 1. The molecule has 0 spiro atoms. The SMILES string of the molecule is COc1ccc(Cl)cc1C1COC(=O)N1. The minimum absolute atomic E-state index is 0.189. The van der Waals surface area contributed by atoms with Crippen molar-refractivity contribution < 1.29 is 14.3 Å². The molecule has 1 aromatic rings. The normalized spacial score (nSPS) is 19.6. The molecule has 1 saturated heterocycles. The highest BCUT2D eigenvalue weighted by Crippen LogP contribution is 2.30. The summed E-state index contributed by atoms with van der Waals surface area (Å²) in [6.45, 7) is 0.301. The molecule has 5 heteroatoms. The van der Waals surface area contributed by atoms with Crippen molar-refractivity contribution >= 4 is 17.7 Å². The van der Waals surface area contributed by atoms with Crippen molar-refractivity contribution in [2.45, 2.75) is 6.04 Å². The highest BCUT2D eigenvalue weighted by Gasteiger charge is 2.26. The van der Waals surface area contributed by atoms with Gasteiger partial charge in [0.1, 0.15) is 12.4 Å². The number of ether oxygens (including phenoxy) is 2. The van der Waals surface area contributed by atoms with E-state index in [9.17, 15) is 4.79 Å². The third-order valence-corrected chi connectivity index (χ3v) is 2.48. The van der Waals surface area contributed by atoms with Crippen molar-refractivity contribution in [2.75, 3.05) is 13.7 Å². The number of alkyl carbamates (subject to hydrolysis) is 1. The molecular weight excluding hydrogens is 218 g/mol. The number of rotatable bonds is 2. The van der Waals surface area contributed by atoms with Crippen LogP contribution in [0.5, 0.6) is 5.75 Å². The molecule has 0 bridgehead atoms. The lowest BCUT2D eigenvalue weighted by atomic mass is 10.1. The van der Waals surface area contributed by atoms with Crippen LogP contribution in [0.4, 0.5) is 4.79 Å². The number of halogens is 1. The fraction of sp³-hybridized carbons (Fsp3) is 0.300. The van der Waals surface area contributed by atoms with Crippen LogP contribution < -0.4 is 10.1 Å². The number of carbonyl (C=O) groups is 1. The Morgan fingerprint density at radius 3 is 3.00 bits per heavy atom. The third kappa shape index (κ3) is 1.99. The minimum Gasteiger partial charge on any atom is -0.496 e. The van der Waals surface area contributed by atoms with Gasteiger partial charge in [0.25, 0.3) is 0 Å². The maximum atomic E-state index is 10.9. The summed E-state index contributed by atoms with van der Waals surface area (Å²) < 4.78 is 9.99. The molecule has 4 nitrogen and oxygen atoms in total. The van der Waals surface area contributed by atoms with E-state index >= 15 is 0 Å². The van der Waals surface area contributed by atoms with E-state index < -0.39 is 6.09 Å². The number of cyclic esters (lactones) is 1. The van der Waals surface area contributed by atoms with E-state index in [2.05, 4.69) is 5.32 Å². The first-order valence-electron chi connectivity index (χ1n) is 4.47. The second kappa shape index (κ2) is 3.98. The summed E-state index contributed by atoms with van der Waals surface area (Å²) >= 11 is 5.88. The zero-order chi connectivity index (χ0) is 10.8. The van der Waals surface area contributed by atoms with E-state index in [4.69, 9.17) is 21.1 Å². The Bertz CT molecular complexity index is 394. The van der Waals surface area contributed by atoms with Gasteiger partial charge in [0.2, 0.25) is 0 Å². The first-order valence-corrected chi connectivity index (χ1v) is 4.85. The van der Waals surface area contributed by atoms with Gasteiger partial charge in [-0.1, -0.05) is 11.6 Å². The van der Waals surface area contributed by atoms with Crippen molar-refractivity contribution in [3.8, 4) is 5.75 Å². The summed E-state index contributed by atoms with van der Waals surface area (Å²) in [4.78, 5) is 10.9. The van der Waals surface area contributed by atoms with Gasteiger partial charge >= 0.3 is 6.09 Å². The second-order valence-corrected chi connectivity index (χ2v) is 3.62. The smallest absolute Gasteiger partial charge is 0.407 e. The lowest BCUT2D eigenvalue weighted by Crippen LogP contribution is -2.18. The molecule has 2 rings (SSSR count). The van der Waals surface area contributed by atoms with E-state index in [0.717, 1.165) is 5.56 Å². The topological polar surface area (TPSA) is 47.6 Å². The number of methoxy groups -OCH3 is 1. The quantitative estimate of drug-likeness (QED) is 0.842. The Morgan fingerprint density at radius 1 is 1.60 bits per heavy atom. The minimum atomic E-state index is -0.415. The molecule has 15 heavy (non-hydrogen) atoms. The molecule has 1 heterocycles. The van der Waals surface area contributed by atoms with Crippen molar-refractivity contribution in [1.29, 1.82) is 0 Å². The lowest BCUT2D eigenvalue weighted by Gasteiger charge is -2.12. The van der Waals surface area contributed by atoms with Crippen molar-refractivity contribution in [3.05, 3.63) is 28.8 Å². The van der Waals surface area contributed by atoms with E-state index in [1.54, 1.807) is 25.3 Å². The molecule has 1 fully saturated rings. The molecule has 0 aromatic heterocycles. The van der Waals surface area contributed by atoms with Gasteiger partial charge in [0.05, 0.1) is 13.2 Å². The predicted molar refractivity (Wildman–Crippen MR) is 55.2 cm³/mol. The van der Waals surface area contributed by atoms with Gasteiger partial charge in [-0.3, -0.25) is 0 Å². The van der Waals surface area contributed by atoms with E-state index in [-0.39, 0.29) is 6.04 Å². The molecule has 80 valence electrons. The third-order valence-electron chi connectivity index (χ3n) is 2.24. The van der Waals surface area contributed by atoms with Crippen molar-refractivity contribution in [3.63, 3.8) is 0 Å². The van der Waals surface area contributed by atoms with Crippen LogP contribution >= 0.6 is 11.6 Å². The van der Waals surface area contributed by atoms with Crippen LogP contribution in [-0.2, 0) is 4.74 Å². The molecule has 1 unspecified atom stereocenters. The zero-order valence-electron chi connectivity index (χ0n) is 8.12. The summed E-state index contributed by atoms with van der Waals surface area (Å²) in [5, 5.41) is 3.28. The van der Waals surface area contributed by atoms with Crippen molar-refractivity contribution in [1.82, 2.24) is 5.32 Å². The summed E-state index contributed by atoms with van der Waals surface area (Å²) in [6.07, 6.45) is -0.415. The summed E-state index contributed by atoms with van der Waals surface area (Å²) in [5.74, 6) is 0.690. The van der Waals surface area contributed by atoms with Gasteiger partial charge in [0, 0.05) is 10.6 Å². The Labute approximate surface area is 92.1 Å². The average Bonchev–Trinajstić information content (AvgIpc) is 2.65. The number of hydrogen-bond donors (Lipinski definition) is 1. The molecule has 0 radical (unpaired) electrons.